The molecule has 2 aliphatic heterocycles. The highest BCUT2D eigenvalue weighted by Gasteiger charge is 2.69. The fourth-order valence-electron chi connectivity index (χ4n) is 5.07. The van der Waals surface area contributed by atoms with E-state index in [2.05, 4.69) is 5.32 Å². The van der Waals surface area contributed by atoms with Crippen LogP contribution in [0.5, 0.6) is 0 Å². The topological polar surface area (TPSA) is 75.7 Å². The largest absolute Gasteiger partial charge is 0.468 e. The number of rotatable bonds is 5. The van der Waals surface area contributed by atoms with Crippen molar-refractivity contribution in [1.82, 2.24) is 5.32 Å². The highest BCUT2D eigenvalue weighted by atomic mass is 32.1. The fraction of sp³-hybridized carbons (Fsp3) is 0.240. The Balaban J connectivity index is 1.66. The van der Waals surface area contributed by atoms with Crippen molar-refractivity contribution in [3.63, 3.8) is 0 Å². The number of amides is 2. The molecule has 1 aromatic heterocycles. The van der Waals surface area contributed by atoms with E-state index in [1.807, 2.05) is 53.9 Å². The average Bonchev–Trinajstić information content (AvgIpc) is 3.52. The van der Waals surface area contributed by atoms with E-state index < -0.39 is 29.4 Å². The molecule has 0 aliphatic carbocycles. The Morgan fingerprint density at radius 1 is 1.00 bits per heavy atom. The molecule has 0 saturated carbocycles. The maximum absolute atomic E-state index is 13.8. The molecule has 1 N–H and O–H groups in total. The van der Waals surface area contributed by atoms with Crippen LogP contribution in [0, 0.1) is 11.8 Å². The molecule has 5 rings (SSSR count). The lowest BCUT2D eigenvalue weighted by Crippen LogP contribution is -2.57. The van der Waals surface area contributed by atoms with E-state index in [0.717, 1.165) is 10.4 Å². The highest BCUT2D eigenvalue weighted by molar-refractivity contribution is 7.10. The second kappa shape index (κ2) is 8.00. The first kappa shape index (κ1) is 20.6. The van der Waals surface area contributed by atoms with Gasteiger partial charge in [0.1, 0.15) is 5.54 Å². The monoisotopic (exact) mass is 446 g/mol. The summed E-state index contributed by atoms with van der Waals surface area (Å²) in [5.74, 6) is -2.79. The Hall–Kier alpha value is -3.29. The first-order valence-electron chi connectivity index (χ1n) is 10.4. The molecular weight excluding hydrogens is 424 g/mol. The number of fused-ring (bicyclic) bond motifs is 1. The average molecular weight is 447 g/mol. The lowest BCUT2D eigenvalue weighted by molar-refractivity contribution is -0.152. The van der Waals surface area contributed by atoms with E-state index in [1.165, 1.54) is 23.3 Å². The maximum atomic E-state index is 13.8. The minimum atomic E-state index is -1.36. The maximum Gasteiger partial charge on any atom is 0.327 e. The molecule has 0 bridgehead atoms. The van der Waals surface area contributed by atoms with Crippen LogP contribution in [0.15, 0.2) is 78.2 Å². The molecule has 2 amide bonds. The van der Waals surface area contributed by atoms with Crippen molar-refractivity contribution in [2.45, 2.75) is 18.0 Å². The lowest BCUT2D eigenvalue weighted by Gasteiger charge is -2.32. The Morgan fingerprint density at radius 2 is 1.69 bits per heavy atom. The number of methoxy groups -OCH3 is 1. The number of nitrogens with zero attached hydrogens (tertiary/aromatic N) is 1. The molecule has 2 aromatic carbocycles. The van der Waals surface area contributed by atoms with Crippen LogP contribution in [-0.4, -0.2) is 30.4 Å². The zero-order valence-corrected chi connectivity index (χ0v) is 18.2. The first-order valence-corrected chi connectivity index (χ1v) is 11.3. The second-order valence-corrected chi connectivity index (χ2v) is 9.09. The summed E-state index contributed by atoms with van der Waals surface area (Å²) in [4.78, 5) is 42.9. The summed E-state index contributed by atoms with van der Waals surface area (Å²) in [6.07, 6.45) is 0.241. The van der Waals surface area contributed by atoms with Gasteiger partial charge in [-0.05, 0) is 29.1 Å². The van der Waals surface area contributed by atoms with Crippen molar-refractivity contribution < 1.29 is 19.1 Å². The summed E-state index contributed by atoms with van der Waals surface area (Å²) < 4.78 is 5.23. The number of carbonyl (C=O) groups excluding carboxylic acids is 3. The third-order valence-electron chi connectivity index (χ3n) is 6.39. The van der Waals surface area contributed by atoms with Crippen LogP contribution in [0.1, 0.15) is 16.5 Å². The molecule has 2 aliphatic rings. The molecule has 7 heteroatoms. The Morgan fingerprint density at radius 3 is 2.31 bits per heavy atom. The number of hydrogen-bond donors (Lipinski definition) is 1. The normalized spacial score (nSPS) is 26.9. The van der Waals surface area contributed by atoms with Gasteiger partial charge in [0, 0.05) is 11.3 Å². The van der Waals surface area contributed by atoms with Crippen LogP contribution in [0.2, 0.25) is 0 Å². The molecule has 2 saturated heterocycles. The number of para-hydroxylation sites is 1. The van der Waals surface area contributed by atoms with Gasteiger partial charge in [0.2, 0.25) is 11.8 Å². The lowest BCUT2D eigenvalue weighted by atomic mass is 9.76. The van der Waals surface area contributed by atoms with E-state index in [1.54, 1.807) is 24.3 Å². The molecule has 0 radical (unpaired) electrons. The summed E-state index contributed by atoms with van der Waals surface area (Å²) in [6, 6.07) is 21.8. The minimum absolute atomic E-state index is 0.241. The molecule has 3 aromatic rings. The Labute approximate surface area is 189 Å². The first-order chi connectivity index (χ1) is 15.6. The van der Waals surface area contributed by atoms with E-state index in [0.29, 0.717) is 5.69 Å². The summed E-state index contributed by atoms with van der Waals surface area (Å²) >= 11 is 1.50. The Kier molecular flexibility index (Phi) is 5.15. The van der Waals surface area contributed by atoms with Gasteiger partial charge in [-0.15, -0.1) is 11.3 Å². The summed E-state index contributed by atoms with van der Waals surface area (Å²) in [6.45, 7) is 0. The van der Waals surface area contributed by atoms with Crippen molar-refractivity contribution in [2.75, 3.05) is 12.0 Å². The number of imide groups is 1. The van der Waals surface area contributed by atoms with Gasteiger partial charge in [-0.1, -0.05) is 54.6 Å². The van der Waals surface area contributed by atoms with Gasteiger partial charge < -0.3 is 4.74 Å². The second-order valence-electron chi connectivity index (χ2n) is 8.11. The Bertz CT molecular complexity index is 1150. The molecule has 3 heterocycles. The third kappa shape index (κ3) is 3.08. The summed E-state index contributed by atoms with van der Waals surface area (Å²) in [5.41, 5.74) is 0.0424. The molecule has 4 atom stereocenters. The summed E-state index contributed by atoms with van der Waals surface area (Å²) in [5, 5.41) is 5.34. The number of thiophene rings is 1. The van der Waals surface area contributed by atoms with Gasteiger partial charge in [0.25, 0.3) is 0 Å². The van der Waals surface area contributed by atoms with E-state index in [9.17, 15) is 14.4 Å². The van der Waals surface area contributed by atoms with Crippen molar-refractivity contribution >= 4 is 34.8 Å². The number of esters is 1. The van der Waals surface area contributed by atoms with Crippen LogP contribution >= 0.6 is 11.3 Å². The van der Waals surface area contributed by atoms with Crippen molar-refractivity contribution in [3.8, 4) is 0 Å². The number of ether oxygens (including phenoxy) is 1. The zero-order chi connectivity index (χ0) is 22.3. The predicted octanol–water partition coefficient (Wildman–Crippen LogP) is 3.35. The molecule has 6 nitrogen and oxygen atoms in total. The van der Waals surface area contributed by atoms with Gasteiger partial charge in [-0.25, -0.2) is 4.90 Å². The number of carbonyl (C=O) groups is 3. The SMILES string of the molecule is COC(=O)[C@@]1(Cc2ccccc2)N[C@@H](c2cccs2)[C@H]2C(=O)N(c3ccccc3)C(=O)[C@@H]21. The van der Waals surface area contributed by atoms with Gasteiger partial charge in [-0.2, -0.15) is 0 Å². The van der Waals surface area contributed by atoms with E-state index in [-0.39, 0.29) is 18.2 Å². The van der Waals surface area contributed by atoms with Crippen LogP contribution in [0.4, 0.5) is 5.69 Å². The van der Waals surface area contributed by atoms with Gasteiger partial charge in [-0.3, -0.25) is 19.7 Å². The number of nitrogens with one attached hydrogen (secondary N) is 1. The van der Waals surface area contributed by atoms with E-state index >= 15 is 0 Å². The molecule has 0 spiro atoms. The highest BCUT2D eigenvalue weighted by Crippen LogP contribution is 2.51. The van der Waals surface area contributed by atoms with Crippen molar-refractivity contribution in [1.29, 1.82) is 0 Å². The molecule has 0 unspecified atom stereocenters. The minimum Gasteiger partial charge on any atom is -0.468 e. The third-order valence-corrected chi connectivity index (χ3v) is 7.35. The predicted molar refractivity (Wildman–Crippen MR) is 121 cm³/mol. The molecule has 32 heavy (non-hydrogen) atoms. The van der Waals surface area contributed by atoms with Gasteiger partial charge in [0.05, 0.1) is 30.7 Å². The smallest absolute Gasteiger partial charge is 0.327 e. The van der Waals surface area contributed by atoms with Crippen LogP contribution in [0.3, 0.4) is 0 Å². The zero-order valence-electron chi connectivity index (χ0n) is 17.4. The number of hydrogen-bond acceptors (Lipinski definition) is 6. The molecular formula is C25H22N2O4S. The quantitative estimate of drug-likeness (QED) is 0.481. The van der Waals surface area contributed by atoms with E-state index in [4.69, 9.17) is 4.74 Å². The standard InChI is InChI=1S/C25H22N2O4S/c1-31-24(30)25(15-16-9-4-2-5-10-16)20-19(21(26-25)18-13-8-14-32-18)22(28)27(23(20)29)17-11-6-3-7-12-17/h2-14,19-21,26H,15H2,1H3/t19-,20+,21-,25-/m0/s1. The summed E-state index contributed by atoms with van der Waals surface area (Å²) in [7, 11) is 1.32. The fourth-order valence-corrected chi connectivity index (χ4v) is 5.89. The number of anilines is 1. The van der Waals surface area contributed by atoms with Crippen molar-refractivity contribution in [2.24, 2.45) is 11.8 Å². The van der Waals surface area contributed by atoms with Crippen LogP contribution < -0.4 is 10.2 Å². The van der Waals surface area contributed by atoms with Crippen molar-refractivity contribution in [3.05, 3.63) is 88.6 Å². The van der Waals surface area contributed by atoms with Crippen LogP contribution in [0.25, 0.3) is 0 Å². The van der Waals surface area contributed by atoms with Gasteiger partial charge >= 0.3 is 5.97 Å². The van der Waals surface area contributed by atoms with Crippen LogP contribution in [-0.2, 0) is 25.5 Å². The molecule has 162 valence electrons. The van der Waals surface area contributed by atoms with Gasteiger partial charge in [0.15, 0.2) is 0 Å². The molecule has 2 fully saturated rings. The number of benzene rings is 2.